The maximum absolute atomic E-state index is 8.77. The van der Waals surface area contributed by atoms with Gasteiger partial charge in [-0.1, -0.05) is 24.6 Å². The Balaban J connectivity index is 2.36. The fourth-order valence-corrected chi connectivity index (χ4v) is 1.96. The Bertz CT molecular complexity index is 566. The second-order valence-electron chi connectivity index (χ2n) is 3.80. The van der Waals surface area contributed by atoms with E-state index < -0.39 is 0 Å². The minimum Gasteiger partial charge on any atom is -0.272 e. The van der Waals surface area contributed by atoms with Crippen LogP contribution in [0.15, 0.2) is 30.6 Å². The van der Waals surface area contributed by atoms with E-state index in [0.717, 1.165) is 24.1 Å². The molecule has 0 aliphatic heterocycles. The number of aromatic nitrogens is 2. The number of nitrogens with zero attached hydrogens (tertiary/aromatic N) is 3. The van der Waals surface area contributed by atoms with Crippen LogP contribution in [0, 0.1) is 11.3 Å². The zero-order valence-electron chi connectivity index (χ0n) is 9.52. The van der Waals surface area contributed by atoms with E-state index in [-0.39, 0.29) is 0 Å². The molecule has 0 bridgehead atoms. The second kappa shape index (κ2) is 5.03. The van der Waals surface area contributed by atoms with Crippen LogP contribution in [-0.4, -0.2) is 9.78 Å². The molecule has 3 nitrogen and oxygen atoms in total. The number of hydrogen-bond donors (Lipinski definition) is 0. The SMILES string of the molecule is CCCn1cc(-c2ccc(C#N)cc2Cl)cn1. The van der Waals surface area contributed by atoms with E-state index >= 15 is 0 Å². The highest BCUT2D eigenvalue weighted by molar-refractivity contribution is 6.33. The van der Waals surface area contributed by atoms with Gasteiger partial charge in [0.2, 0.25) is 0 Å². The van der Waals surface area contributed by atoms with Crippen molar-refractivity contribution in [2.45, 2.75) is 19.9 Å². The zero-order valence-corrected chi connectivity index (χ0v) is 10.3. The minimum absolute atomic E-state index is 0.569. The number of hydrogen-bond acceptors (Lipinski definition) is 2. The fraction of sp³-hybridized carbons (Fsp3) is 0.231. The third-order valence-corrected chi connectivity index (χ3v) is 2.81. The third kappa shape index (κ3) is 2.48. The van der Waals surface area contributed by atoms with E-state index in [4.69, 9.17) is 16.9 Å². The highest BCUT2D eigenvalue weighted by atomic mass is 35.5. The van der Waals surface area contributed by atoms with E-state index in [0.29, 0.717) is 10.6 Å². The molecule has 0 saturated carbocycles. The Hall–Kier alpha value is -1.79. The highest BCUT2D eigenvalue weighted by Gasteiger charge is 2.06. The summed E-state index contributed by atoms with van der Waals surface area (Å²) in [5, 5.41) is 13.6. The molecule has 2 rings (SSSR count). The maximum atomic E-state index is 8.77. The van der Waals surface area contributed by atoms with Crippen molar-refractivity contribution in [2.75, 3.05) is 0 Å². The lowest BCUT2D eigenvalue weighted by molar-refractivity contribution is 0.603. The molecule has 86 valence electrons. The molecule has 17 heavy (non-hydrogen) atoms. The summed E-state index contributed by atoms with van der Waals surface area (Å²) in [4.78, 5) is 0. The molecule has 0 amide bonds. The van der Waals surface area contributed by atoms with Gasteiger partial charge in [0.05, 0.1) is 17.8 Å². The van der Waals surface area contributed by atoms with E-state index in [1.54, 1.807) is 18.3 Å². The summed E-state index contributed by atoms with van der Waals surface area (Å²) in [5.41, 5.74) is 2.46. The summed E-state index contributed by atoms with van der Waals surface area (Å²) in [6.07, 6.45) is 4.81. The molecule has 0 unspecified atom stereocenters. The van der Waals surface area contributed by atoms with Crippen molar-refractivity contribution in [1.82, 2.24) is 9.78 Å². The summed E-state index contributed by atoms with van der Waals surface area (Å²) in [6.45, 7) is 3.00. The Morgan fingerprint density at radius 2 is 2.29 bits per heavy atom. The van der Waals surface area contributed by atoms with Crippen LogP contribution in [0.1, 0.15) is 18.9 Å². The lowest BCUT2D eigenvalue weighted by Crippen LogP contribution is -1.95. The van der Waals surface area contributed by atoms with Crippen LogP contribution >= 0.6 is 11.6 Å². The van der Waals surface area contributed by atoms with Gasteiger partial charge in [0.15, 0.2) is 0 Å². The number of benzene rings is 1. The van der Waals surface area contributed by atoms with Gasteiger partial charge >= 0.3 is 0 Å². The van der Waals surface area contributed by atoms with Crippen molar-refractivity contribution >= 4 is 11.6 Å². The quantitative estimate of drug-likeness (QED) is 0.831. The monoisotopic (exact) mass is 245 g/mol. The Kier molecular flexibility index (Phi) is 3.46. The fourth-order valence-electron chi connectivity index (χ4n) is 1.67. The first kappa shape index (κ1) is 11.7. The number of halogens is 1. The van der Waals surface area contributed by atoms with Gasteiger partial charge < -0.3 is 0 Å². The van der Waals surface area contributed by atoms with E-state index in [1.165, 1.54) is 0 Å². The zero-order chi connectivity index (χ0) is 12.3. The molecule has 1 aromatic carbocycles. The smallest absolute Gasteiger partial charge is 0.0992 e. The standard InChI is InChI=1S/C13H12ClN3/c1-2-5-17-9-11(8-16-17)12-4-3-10(7-15)6-13(12)14/h3-4,6,8-9H,2,5H2,1H3. The predicted octanol–water partition coefficient (Wildman–Crippen LogP) is 3.49. The molecule has 1 aromatic heterocycles. The molecule has 0 spiro atoms. The molecule has 0 fully saturated rings. The van der Waals surface area contributed by atoms with Gasteiger partial charge in [-0.15, -0.1) is 0 Å². The number of nitriles is 1. The molecule has 0 saturated heterocycles. The second-order valence-corrected chi connectivity index (χ2v) is 4.21. The van der Waals surface area contributed by atoms with Gasteiger partial charge in [-0.05, 0) is 18.6 Å². The first-order valence-corrected chi connectivity index (χ1v) is 5.85. The summed E-state index contributed by atoms with van der Waals surface area (Å²) >= 11 is 6.14. The van der Waals surface area contributed by atoms with Gasteiger partial charge in [0.25, 0.3) is 0 Å². The summed E-state index contributed by atoms with van der Waals surface area (Å²) < 4.78 is 1.89. The van der Waals surface area contributed by atoms with Crippen LogP contribution < -0.4 is 0 Å². The maximum Gasteiger partial charge on any atom is 0.0992 e. The van der Waals surface area contributed by atoms with E-state index in [2.05, 4.69) is 18.1 Å². The van der Waals surface area contributed by atoms with Crippen molar-refractivity contribution < 1.29 is 0 Å². The van der Waals surface area contributed by atoms with Gasteiger partial charge in [-0.2, -0.15) is 10.4 Å². The predicted molar refractivity (Wildman–Crippen MR) is 67.7 cm³/mol. The van der Waals surface area contributed by atoms with Crippen LogP contribution in [0.25, 0.3) is 11.1 Å². The van der Waals surface area contributed by atoms with Crippen molar-refractivity contribution in [1.29, 1.82) is 5.26 Å². The summed E-state index contributed by atoms with van der Waals surface area (Å²) in [7, 11) is 0. The molecule has 2 aromatic rings. The third-order valence-electron chi connectivity index (χ3n) is 2.50. The normalized spacial score (nSPS) is 10.2. The Morgan fingerprint density at radius 1 is 1.47 bits per heavy atom. The van der Waals surface area contributed by atoms with Crippen LogP contribution in [0.3, 0.4) is 0 Å². The lowest BCUT2D eigenvalue weighted by atomic mass is 10.1. The Labute approximate surface area is 105 Å². The first-order chi connectivity index (χ1) is 8.24. The largest absolute Gasteiger partial charge is 0.272 e. The van der Waals surface area contributed by atoms with Crippen LogP contribution in [0.2, 0.25) is 5.02 Å². The minimum atomic E-state index is 0.569. The molecule has 0 atom stereocenters. The van der Waals surface area contributed by atoms with Crippen molar-refractivity contribution in [3.05, 3.63) is 41.2 Å². The van der Waals surface area contributed by atoms with Gasteiger partial charge in [-0.3, -0.25) is 4.68 Å². The van der Waals surface area contributed by atoms with Crippen molar-refractivity contribution in [3.8, 4) is 17.2 Å². The van der Waals surface area contributed by atoms with Crippen molar-refractivity contribution in [2.24, 2.45) is 0 Å². The molecular formula is C13H12ClN3. The average Bonchev–Trinajstić information content (AvgIpc) is 2.78. The van der Waals surface area contributed by atoms with Crippen LogP contribution in [-0.2, 0) is 6.54 Å². The van der Waals surface area contributed by atoms with Gasteiger partial charge in [-0.25, -0.2) is 0 Å². The average molecular weight is 246 g/mol. The van der Waals surface area contributed by atoms with E-state index in [9.17, 15) is 0 Å². The van der Waals surface area contributed by atoms with Crippen LogP contribution in [0.4, 0.5) is 0 Å². The molecular weight excluding hydrogens is 234 g/mol. The first-order valence-electron chi connectivity index (χ1n) is 5.47. The molecule has 4 heteroatoms. The van der Waals surface area contributed by atoms with Crippen LogP contribution in [0.5, 0.6) is 0 Å². The molecule has 0 aliphatic carbocycles. The van der Waals surface area contributed by atoms with E-state index in [1.807, 2.05) is 16.9 Å². The lowest BCUT2D eigenvalue weighted by Gasteiger charge is -2.01. The number of aryl methyl sites for hydroxylation is 1. The topological polar surface area (TPSA) is 41.6 Å². The molecule has 0 aliphatic rings. The van der Waals surface area contributed by atoms with Gasteiger partial charge in [0.1, 0.15) is 0 Å². The highest BCUT2D eigenvalue weighted by Crippen LogP contribution is 2.28. The Morgan fingerprint density at radius 3 is 2.94 bits per heavy atom. The molecule has 0 N–H and O–H groups in total. The van der Waals surface area contributed by atoms with Crippen molar-refractivity contribution in [3.63, 3.8) is 0 Å². The molecule has 1 heterocycles. The summed E-state index contributed by atoms with van der Waals surface area (Å²) in [5.74, 6) is 0. The van der Waals surface area contributed by atoms with Gasteiger partial charge in [0, 0.05) is 28.9 Å². The number of rotatable bonds is 3. The summed E-state index contributed by atoms with van der Waals surface area (Å²) in [6, 6.07) is 7.36. The molecule has 0 radical (unpaired) electrons.